The molecule has 0 saturated carbocycles. The van der Waals surface area contributed by atoms with Crippen molar-refractivity contribution in [1.29, 1.82) is 0 Å². The Kier molecular flexibility index (Phi) is 21.3. The van der Waals surface area contributed by atoms with E-state index < -0.39 is 0 Å². The highest BCUT2D eigenvalue weighted by atomic mass is 32.1. The summed E-state index contributed by atoms with van der Waals surface area (Å²) in [7, 11) is 0. The van der Waals surface area contributed by atoms with E-state index in [1.807, 2.05) is 48.5 Å². The molecule has 0 radical (unpaired) electrons. The molecule has 46 heavy (non-hydrogen) atoms. The Labute approximate surface area is 286 Å². The van der Waals surface area contributed by atoms with Crippen molar-refractivity contribution >= 4 is 22.5 Å². The molecule has 0 saturated heterocycles. The number of allylic oxidation sites excluding steroid dienone is 11. The van der Waals surface area contributed by atoms with Crippen molar-refractivity contribution in [3.05, 3.63) is 143 Å². The van der Waals surface area contributed by atoms with Gasteiger partial charge in [-0.15, -0.1) is 11.3 Å². The summed E-state index contributed by atoms with van der Waals surface area (Å²) in [6, 6.07) is 20.4. The van der Waals surface area contributed by atoms with E-state index in [0.717, 1.165) is 25.8 Å². The predicted octanol–water partition coefficient (Wildman–Crippen LogP) is 14.3. The van der Waals surface area contributed by atoms with E-state index in [0.29, 0.717) is 0 Å². The molecule has 0 amide bonds. The summed E-state index contributed by atoms with van der Waals surface area (Å²) in [5.74, 6) is 0. The number of rotatable bonds is 7. The molecular formula is C44H59NS. The zero-order chi connectivity index (χ0) is 34.2. The van der Waals surface area contributed by atoms with Crippen molar-refractivity contribution in [2.45, 2.75) is 88.5 Å². The minimum atomic E-state index is 0.895. The van der Waals surface area contributed by atoms with Crippen molar-refractivity contribution in [1.82, 2.24) is 5.32 Å². The van der Waals surface area contributed by atoms with Crippen LogP contribution in [-0.4, -0.2) is 6.54 Å². The van der Waals surface area contributed by atoms with Gasteiger partial charge in [-0.25, -0.2) is 0 Å². The molecule has 0 fully saturated rings. The van der Waals surface area contributed by atoms with Gasteiger partial charge in [0.1, 0.15) is 0 Å². The van der Waals surface area contributed by atoms with E-state index in [1.54, 1.807) is 11.3 Å². The van der Waals surface area contributed by atoms with Crippen molar-refractivity contribution < 1.29 is 0 Å². The fourth-order valence-corrected chi connectivity index (χ4v) is 5.57. The highest BCUT2D eigenvalue weighted by Crippen LogP contribution is 2.35. The van der Waals surface area contributed by atoms with Gasteiger partial charge in [0, 0.05) is 17.1 Å². The number of benzene rings is 2. The summed E-state index contributed by atoms with van der Waals surface area (Å²) in [4.78, 5) is 1.30. The minimum absolute atomic E-state index is 0.895. The summed E-state index contributed by atoms with van der Waals surface area (Å²) in [6.45, 7) is 21.3. The second-order valence-corrected chi connectivity index (χ2v) is 10.9. The van der Waals surface area contributed by atoms with Crippen LogP contribution in [0.25, 0.3) is 32.7 Å². The van der Waals surface area contributed by atoms with Crippen LogP contribution < -0.4 is 5.32 Å². The monoisotopic (exact) mass is 633 g/mol. The lowest BCUT2D eigenvalue weighted by Crippen LogP contribution is -2.17. The number of hydrogen-bond donors (Lipinski definition) is 1. The first-order valence-electron chi connectivity index (χ1n) is 17.4. The topological polar surface area (TPSA) is 12.0 Å². The van der Waals surface area contributed by atoms with Crippen LogP contribution in [0.15, 0.2) is 132 Å². The van der Waals surface area contributed by atoms with E-state index in [-0.39, 0.29) is 0 Å². The van der Waals surface area contributed by atoms with Gasteiger partial charge in [-0.3, -0.25) is 0 Å². The Bertz CT molecular complexity index is 1490. The van der Waals surface area contributed by atoms with Crippen LogP contribution in [0.2, 0.25) is 0 Å². The van der Waals surface area contributed by atoms with Crippen LogP contribution in [-0.2, 0) is 0 Å². The van der Waals surface area contributed by atoms with Gasteiger partial charge in [-0.05, 0) is 132 Å². The van der Waals surface area contributed by atoms with Crippen molar-refractivity contribution in [2.24, 2.45) is 0 Å². The summed E-state index contributed by atoms with van der Waals surface area (Å²) in [6.07, 6.45) is 25.0. The Balaban J connectivity index is 0.000000854. The average Bonchev–Trinajstić information content (AvgIpc) is 3.70. The first kappa shape index (κ1) is 40.1. The maximum atomic E-state index is 3.50. The molecular weight excluding hydrogens is 575 g/mol. The third kappa shape index (κ3) is 12.9. The highest BCUT2D eigenvalue weighted by Gasteiger charge is 2.13. The molecule has 2 aromatic carbocycles. The third-order valence-electron chi connectivity index (χ3n) is 7.00. The van der Waals surface area contributed by atoms with Gasteiger partial charge in [-0.2, -0.15) is 0 Å². The van der Waals surface area contributed by atoms with Crippen molar-refractivity contribution in [3.8, 4) is 21.6 Å². The van der Waals surface area contributed by atoms with Crippen LogP contribution >= 0.6 is 11.3 Å². The molecule has 2 aliphatic rings. The smallest absolute Gasteiger partial charge is 0.0413 e. The molecule has 1 nitrogen and oxygen atoms in total. The molecule has 3 aromatic rings. The van der Waals surface area contributed by atoms with Crippen LogP contribution in [0.4, 0.5) is 0 Å². The molecule has 1 N–H and O–H groups in total. The summed E-state index contributed by atoms with van der Waals surface area (Å²) < 4.78 is 0. The maximum Gasteiger partial charge on any atom is 0.0413 e. The Morgan fingerprint density at radius 1 is 0.848 bits per heavy atom. The fourth-order valence-electron chi connectivity index (χ4n) is 4.85. The zero-order valence-corrected chi connectivity index (χ0v) is 31.1. The second kappa shape index (κ2) is 24.4. The quantitative estimate of drug-likeness (QED) is 0.202. The van der Waals surface area contributed by atoms with E-state index in [1.165, 1.54) is 55.1 Å². The van der Waals surface area contributed by atoms with Crippen LogP contribution in [0.5, 0.6) is 0 Å². The van der Waals surface area contributed by atoms with Gasteiger partial charge in [-0.1, -0.05) is 121 Å². The van der Waals surface area contributed by atoms with Crippen molar-refractivity contribution in [3.63, 3.8) is 0 Å². The standard InChI is InChI=1S/C33H31NS.C5H10.3C2H6/c1-3-4-10-24(2)29-21-30(23-31(22-29)33-16-9-18-35-33)27-13-7-11-25(19-27)26-12-8-14-28(20-26)32-15-5-6-17-34-32;1-3-5-4-2;3*1-2/h3-7,9-11,13-16,18-23,34H,8,12,17H2,1-2H3;3,5H,4H2,1-2H3;3*1-2H3/b4-3-,24-10+;;;;. The molecule has 1 aliphatic heterocycles. The zero-order valence-electron chi connectivity index (χ0n) is 30.3. The molecule has 0 bridgehead atoms. The molecule has 0 atom stereocenters. The molecule has 1 aliphatic carbocycles. The van der Waals surface area contributed by atoms with E-state index in [9.17, 15) is 0 Å². The summed E-state index contributed by atoms with van der Waals surface area (Å²) in [5, 5.41) is 5.65. The van der Waals surface area contributed by atoms with Gasteiger partial charge in [0.25, 0.3) is 0 Å². The minimum Gasteiger partial charge on any atom is -0.381 e. The molecule has 0 spiro atoms. The Morgan fingerprint density at radius 3 is 2.17 bits per heavy atom. The number of nitrogens with one attached hydrogen (secondary N) is 1. The number of hydrogen-bond acceptors (Lipinski definition) is 2. The second-order valence-electron chi connectivity index (χ2n) is 9.97. The lowest BCUT2D eigenvalue weighted by atomic mass is 9.89. The van der Waals surface area contributed by atoms with Crippen LogP contribution in [0.3, 0.4) is 0 Å². The van der Waals surface area contributed by atoms with Gasteiger partial charge < -0.3 is 5.32 Å². The first-order valence-corrected chi connectivity index (χ1v) is 18.2. The first-order chi connectivity index (χ1) is 22.6. The molecule has 2 heteroatoms. The fraction of sp³-hybridized carbons (Fsp3) is 0.318. The summed E-state index contributed by atoms with van der Waals surface area (Å²) in [5.41, 5.74) is 11.6. The van der Waals surface area contributed by atoms with E-state index in [4.69, 9.17) is 0 Å². The SMILES string of the molecule is C/C=C\C=C(/C)c1cc(-c2cccc(C3=CC(C4=CC=CCN4)=CCC3)c2)cc(-c2cccs2)c1.CC.CC.CC.CC=CCC. The van der Waals surface area contributed by atoms with E-state index >= 15 is 0 Å². The lowest BCUT2D eigenvalue weighted by molar-refractivity contribution is 0.897. The largest absolute Gasteiger partial charge is 0.381 e. The Hall–Kier alpha value is -3.88. The maximum absolute atomic E-state index is 3.50. The normalized spacial score (nSPS) is 13.7. The molecule has 1 aromatic heterocycles. The predicted molar refractivity (Wildman–Crippen MR) is 213 cm³/mol. The van der Waals surface area contributed by atoms with Crippen LogP contribution in [0.1, 0.15) is 99.6 Å². The molecule has 2 heterocycles. The highest BCUT2D eigenvalue weighted by molar-refractivity contribution is 7.13. The lowest BCUT2D eigenvalue weighted by Gasteiger charge is -2.19. The van der Waals surface area contributed by atoms with Gasteiger partial charge in [0.2, 0.25) is 0 Å². The number of thiophene rings is 1. The third-order valence-corrected chi connectivity index (χ3v) is 7.92. The van der Waals surface area contributed by atoms with Gasteiger partial charge in [0.05, 0.1) is 0 Å². The summed E-state index contributed by atoms with van der Waals surface area (Å²) >= 11 is 1.79. The molecule has 5 rings (SSSR count). The van der Waals surface area contributed by atoms with Gasteiger partial charge >= 0.3 is 0 Å². The van der Waals surface area contributed by atoms with Crippen LogP contribution in [0, 0.1) is 0 Å². The van der Waals surface area contributed by atoms with Crippen molar-refractivity contribution in [2.75, 3.05) is 6.54 Å². The van der Waals surface area contributed by atoms with E-state index in [2.05, 4.69) is 147 Å². The molecule has 0 unspecified atom stereocenters. The molecule has 246 valence electrons. The number of dihydropyridines is 1. The van der Waals surface area contributed by atoms with Gasteiger partial charge in [0.15, 0.2) is 0 Å². The Morgan fingerprint density at radius 2 is 1.57 bits per heavy atom. The average molecular weight is 634 g/mol.